The van der Waals surface area contributed by atoms with Crippen LogP contribution in [-0.4, -0.2) is 42.6 Å². The Kier molecular flexibility index (Phi) is 6.43. The summed E-state index contributed by atoms with van der Waals surface area (Å²) in [5, 5.41) is 7.30. The second kappa shape index (κ2) is 8.32. The van der Waals surface area contributed by atoms with Crippen molar-refractivity contribution in [3.8, 4) is 0 Å². The van der Waals surface area contributed by atoms with Crippen LogP contribution in [0, 0.1) is 5.92 Å². The zero-order valence-electron chi connectivity index (χ0n) is 14.2. The van der Waals surface area contributed by atoms with E-state index in [1.165, 1.54) is 6.42 Å². The first kappa shape index (κ1) is 17.0. The van der Waals surface area contributed by atoms with Crippen LogP contribution in [0.1, 0.15) is 50.1 Å². The van der Waals surface area contributed by atoms with Crippen LogP contribution in [0.4, 0.5) is 0 Å². The molecule has 5 heteroatoms. The first-order chi connectivity index (χ1) is 10.7. The average Bonchev–Trinajstić information content (AvgIpc) is 2.95. The molecule has 0 radical (unpaired) electrons. The number of piperidine rings is 1. The predicted molar refractivity (Wildman–Crippen MR) is 86.8 cm³/mol. The lowest BCUT2D eigenvalue weighted by Crippen LogP contribution is -2.39. The van der Waals surface area contributed by atoms with E-state index in [1.54, 1.807) is 0 Å². The first-order valence-electron chi connectivity index (χ1n) is 8.58. The third-order valence-electron chi connectivity index (χ3n) is 4.70. The maximum Gasteiger partial charge on any atom is 0.227 e. The van der Waals surface area contributed by atoms with Gasteiger partial charge in [-0.25, -0.2) is 0 Å². The molecule has 0 spiro atoms. The number of carbonyl (C=O) groups excluding carboxylic acids is 1. The molecule has 0 aliphatic carbocycles. The van der Waals surface area contributed by atoms with E-state index in [2.05, 4.69) is 17.4 Å². The van der Waals surface area contributed by atoms with Crippen molar-refractivity contribution >= 4 is 5.91 Å². The van der Waals surface area contributed by atoms with E-state index in [9.17, 15) is 4.79 Å². The van der Waals surface area contributed by atoms with Gasteiger partial charge in [0.25, 0.3) is 0 Å². The van der Waals surface area contributed by atoms with E-state index in [1.807, 2.05) is 18.9 Å². The van der Waals surface area contributed by atoms with Gasteiger partial charge in [0.1, 0.15) is 5.76 Å². The van der Waals surface area contributed by atoms with Crippen LogP contribution in [0.3, 0.4) is 0 Å². The molecule has 1 aromatic heterocycles. The summed E-state index contributed by atoms with van der Waals surface area (Å²) in [6, 6.07) is 0. The lowest BCUT2D eigenvalue weighted by atomic mass is 9.93. The van der Waals surface area contributed by atoms with Crippen LogP contribution >= 0.6 is 0 Å². The Bertz CT molecular complexity index is 455. The zero-order chi connectivity index (χ0) is 15.9. The van der Waals surface area contributed by atoms with E-state index in [4.69, 9.17) is 4.52 Å². The summed E-state index contributed by atoms with van der Waals surface area (Å²) in [6.07, 6.45) is 5.51. The molecule has 1 N–H and O–H groups in total. The summed E-state index contributed by atoms with van der Waals surface area (Å²) < 4.78 is 5.36. The van der Waals surface area contributed by atoms with Crippen molar-refractivity contribution in [2.45, 2.75) is 52.4 Å². The lowest BCUT2D eigenvalue weighted by Gasteiger charge is -2.32. The predicted octanol–water partition coefficient (Wildman–Crippen LogP) is 2.19. The molecule has 124 valence electrons. The van der Waals surface area contributed by atoms with Gasteiger partial charge in [-0.2, -0.15) is 0 Å². The third kappa shape index (κ3) is 4.09. The quantitative estimate of drug-likeness (QED) is 0.839. The molecule has 2 heterocycles. The fourth-order valence-corrected chi connectivity index (χ4v) is 3.22. The Morgan fingerprint density at radius 1 is 1.32 bits per heavy atom. The number of carbonyl (C=O) groups is 1. The highest BCUT2D eigenvalue weighted by Gasteiger charge is 2.25. The number of hydrogen-bond donors (Lipinski definition) is 1. The number of nitrogens with one attached hydrogen (secondary N) is 1. The molecule has 1 aliphatic rings. The van der Waals surface area contributed by atoms with Crippen LogP contribution in [0.2, 0.25) is 0 Å². The standard InChI is InChI=1S/C17H29N3O2/c1-4-15-14(16(5-2)22-19-15)12-17(21)20-10-7-13(8-11-20)6-9-18-3/h13,18H,4-12H2,1-3H3. The van der Waals surface area contributed by atoms with E-state index in [0.717, 1.165) is 68.3 Å². The minimum Gasteiger partial charge on any atom is -0.361 e. The van der Waals surface area contributed by atoms with Gasteiger partial charge in [0, 0.05) is 25.1 Å². The van der Waals surface area contributed by atoms with Crippen molar-refractivity contribution in [1.82, 2.24) is 15.4 Å². The number of likely N-dealkylation sites (tertiary alicyclic amines) is 1. The summed E-state index contributed by atoms with van der Waals surface area (Å²) in [5.74, 6) is 1.85. The van der Waals surface area contributed by atoms with Gasteiger partial charge in [-0.1, -0.05) is 19.0 Å². The number of hydrogen-bond acceptors (Lipinski definition) is 4. The molecule has 0 bridgehead atoms. The summed E-state index contributed by atoms with van der Waals surface area (Å²) in [4.78, 5) is 14.6. The Labute approximate surface area is 133 Å². The number of nitrogens with zero attached hydrogens (tertiary/aromatic N) is 2. The highest BCUT2D eigenvalue weighted by Crippen LogP contribution is 2.22. The molecule has 0 aromatic carbocycles. The smallest absolute Gasteiger partial charge is 0.227 e. The van der Waals surface area contributed by atoms with E-state index >= 15 is 0 Å². The van der Waals surface area contributed by atoms with Gasteiger partial charge in [0.15, 0.2) is 0 Å². The minimum absolute atomic E-state index is 0.222. The van der Waals surface area contributed by atoms with Crippen molar-refractivity contribution in [3.05, 3.63) is 17.0 Å². The van der Waals surface area contributed by atoms with E-state index < -0.39 is 0 Å². The normalized spacial score (nSPS) is 16.2. The minimum atomic E-state index is 0.222. The number of aromatic nitrogens is 1. The summed E-state index contributed by atoms with van der Waals surface area (Å²) in [7, 11) is 1.99. The summed E-state index contributed by atoms with van der Waals surface area (Å²) in [5.41, 5.74) is 1.96. The molecular weight excluding hydrogens is 278 g/mol. The van der Waals surface area contributed by atoms with Crippen molar-refractivity contribution in [2.75, 3.05) is 26.7 Å². The van der Waals surface area contributed by atoms with Crippen LogP contribution in [-0.2, 0) is 24.1 Å². The van der Waals surface area contributed by atoms with E-state index in [0.29, 0.717) is 6.42 Å². The Balaban J connectivity index is 1.90. The molecule has 1 saturated heterocycles. The zero-order valence-corrected chi connectivity index (χ0v) is 14.2. The molecule has 5 nitrogen and oxygen atoms in total. The Morgan fingerprint density at radius 3 is 2.64 bits per heavy atom. The summed E-state index contributed by atoms with van der Waals surface area (Å²) in [6.45, 7) is 6.95. The van der Waals surface area contributed by atoms with E-state index in [-0.39, 0.29) is 5.91 Å². The fraction of sp³-hybridized carbons (Fsp3) is 0.765. The molecule has 1 fully saturated rings. The number of aryl methyl sites for hydroxylation is 2. The molecule has 0 saturated carbocycles. The number of rotatable bonds is 7. The monoisotopic (exact) mass is 307 g/mol. The average molecular weight is 307 g/mol. The summed E-state index contributed by atoms with van der Waals surface area (Å²) >= 11 is 0. The highest BCUT2D eigenvalue weighted by molar-refractivity contribution is 5.79. The Hall–Kier alpha value is -1.36. The van der Waals surface area contributed by atoms with Crippen LogP contribution < -0.4 is 5.32 Å². The van der Waals surface area contributed by atoms with Crippen molar-refractivity contribution < 1.29 is 9.32 Å². The maximum absolute atomic E-state index is 12.6. The fourth-order valence-electron chi connectivity index (χ4n) is 3.22. The molecule has 22 heavy (non-hydrogen) atoms. The second-order valence-electron chi connectivity index (χ2n) is 6.13. The number of amides is 1. The second-order valence-corrected chi connectivity index (χ2v) is 6.13. The van der Waals surface area contributed by atoms with Gasteiger partial charge < -0.3 is 14.7 Å². The van der Waals surface area contributed by atoms with Crippen molar-refractivity contribution in [2.24, 2.45) is 5.92 Å². The molecule has 0 unspecified atom stereocenters. The largest absolute Gasteiger partial charge is 0.361 e. The van der Waals surface area contributed by atoms with Gasteiger partial charge >= 0.3 is 0 Å². The highest BCUT2D eigenvalue weighted by atomic mass is 16.5. The van der Waals surface area contributed by atoms with Gasteiger partial charge in [-0.05, 0) is 45.2 Å². The molecular formula is C17H29N3O2. The van der Waals surface area contributed by atoms with Crippen molar-refractivity contribution in [3.63, 3.8) is 0 Å². The Morgan fingerprint density at radius 2 is 2.05 bits per heavy atom. The van der Waals surface area contributed by atoms with Gasteiger partial charge in [-0.3, -0.25) is 4.79 Å². The lowest BCUT2D eigenvalue weighted by molar-refractivity contribution is -0.131. The van der Waals surface area contributed by atoms with Crippen LogP contribution in [0.5, 0.6) is 0 Å². The topological polar surface area (TPSA) is 58.4 Å². The molecule has 2 rings (SSSR count). The third-order valence-corrected chi connectivity index (χ3v) is 4.70. The molecule has 0 atom stereocenters. The van der Waals surface area contributed by atoms with Crippen molar-refractivity contribution in [1.29, 1.82) is 0 Å². The van der Waals surface area contributed by atoms with Gasteiger partial charge in [0.05, 0.1) is 12.1 Å². The molecule has 1 aliphatic heterocycles. The van der Waals surface area contributed by atoms with Crippen LogP contribution in [0.25, 0.3) is 0 Å². The maximum atomic E-state index is 12.6. The van der Waals surface area contributed by atoms with Gasteiger partial charge in [0.2, 0.25) is 5.91 Å². The van der Waals surface area contributed by atoms with Crippen LogP contribution in [0.15, 0.2) is 4.52 Å². The molecule has 1 aromatic rings. The first-order valence-corrected chi connectivity index (χ1v) is 8.58. The van der Waals surface area contributed by atoms with Gasteiger partial charge in [-0.15, -0.1) is 0 Å². The molecule has 1 amide bonds. The SMILES string of the molecule is CCc1noc(CC)c1CC(=O)N1CCC(CCNC)CC1.